The van der Waals surface area contributed by atoms with Crippen molar-refractivity contribution in [1.29, 1.82) is 0 Å². The normalized spacial score (nSPS) is 20.1. The summed E-state index contributed by atoms with van der Waals surface area (Å²) in [6, 6.07) is 19.4. The number of amides is 2. The predicted molar refractivity (Wildman–Crippen MR) is 122 cm³/mol. The van der Waals surface area contributed by atoms with Crippen LogP contribution in [0.5, 0.6) is 0 Å². The molecule has 2 heterocycles. The van der Waals surface area contributed by atoms with Crippen molar-refractivity contribution >= 4 is 46.6 Å². The minimum Gasteiger partial charge on any atom is -0.304 e. The number of carbonyl (C=O) groups excluding carboxylic acids is 2. The molecule has 2 aliphatic rings. The Morgan fingerprint density at radius 3 is 2.61 bits per heavy atom. The summed E-state index contributed by atoms with van der Waals surface area (Å²) >= 11 is 7.55. The first-order valence-electron chi connectivity index (χ1n) is 9.81. The van der Waals surface area contributed by atoms with Crippen LogP contribution in [-0.2, 0) is 21.0 Å². The van der Waals surface area contributed by atoms with Crippen LogP contribution in [0, 0.1) is 12.7 Å². The summed E-state index contributed by atoms with van der Waals surface area (Å²) in [5, 5.41) is 0.261. The van der Waals surface area contributed by atoms with E-state index < -0.39 is 10.7 Å². The monoisotopic (exact) mass is 452 g/mol. The average molecular weight is 453 g/mol. The highest BCUT2D eigenvalue weighted by Crippen LogP contribution is 2.56. The Morgan fingerprint density at radius 1 is 1.06 bits per heavy atom. The number of halogens is 2. The molecule has 0 radical (unpaired) electrons. The van der Waals surface area contributed by atoms with Crippen LogP contribution < -0.4 is 9.80 Å². The maximum atomic E-state index is 14.5. The number of para-hydroxylation sites is 1. The van der Waals surface area contributed by atoms with Gasteiger partial charge >= 0.3 is 0 Å². The van der Waals surface area contributed by atoms with Crippen molar-refractivity contribution in [2.24, 2.45) is 0 Å². The lowest BCUT2D eigenvalue weighted by atomic mass is 10.0. The molecule has 7 heteroatoms. The van der Waals surface area contributed by atoms with Crippen LogP contribution >= 0.6 is 23.4 Å². The maximum Gasteiger partial charge on any atom is 0.269 e. The lowest BCUT2D eigenvalue weighted by molar-refractivity contribution is -0.123. The fourth-order valence-corrected chi connectivity index (χ4v) is 5.90. The highest BCUT2D eigenvalue weighted by molar-refractivity contribution is 8.02. The molecular formula is C24H18ClFN2O2S. The molecule has 4 nitrogen and oxygen atoms in total. The van der Waals surface area contributed by atoms with Gasteiger partial charge in [-0.2, -0.15) is 0 Å². The van der Waals surface area contributed by atoms with Crippen molar-refractivity contribution < 1.29 is 14.0 Å². The maximum absolute atomic E-state index is 14.5. The van der Waals surface area contributed by atoms with Crippen LogP contribution in [0.3, 0.4) is 0 Å². The number of hydrogen-bond donors (Lipinski definition) is 0. The van der Waals surface area contributed by atoms with Crippen LogP contribution in [0.15, 0.2) is 66.7 Å². The molecule has 2 aliphatic heterocycles. The Hall–Kier alpha value is -2.83. The Kier molecular flexibility index (Phi) is 4.79. The van der Waals surface area contributed by atoms with Gasteiger partial charge < -0.3 is 4.90 Å². The van der Waals surface area contributed by atoms with Crippen LogP contribution in [0.1, 0.15) is 16.7 Å². The molecule has 1 fully saturated rings. The van der Waals surface area contributed by atoms with Crippen LogP contribution in [0.25, 0.3) is 0 Å². The Labute approximate surface area is 188 Å². The number of aryl methyl sites for hydroxylation is 1. The van der Waals surface area contributed by atoms with Crippen molar-refractivity contribution in [1.82, 2.24) is 0 Å². The summed E-state index contributed by atoms with van der Waals surface area (Å²) < 4.78 is 14.5. The molecule has 1 atom stereocenters. The van der Waals surface area contributed by atoms with Gasteiger partial charge in [0.05, 0.1) is 18.0 Å². The highest BCUT2D eigenvalue weighted by Gasteiger charge is 2.61. The first-order valence-corrected chi connectivity index (χ1v) is 11.2. The zero-order valence-electron chi connectivity index (χ0n) is 16.6. The SMILES string of the molecule is Cc1cccc(N2C(=O)CSC23C(=O)N(Cc2c(F)cccc2Cl)c2ccccc23)c1. The third-order valence-corrected chi connectivity index (χ3v) is 7.44. The number of anilines is 2. The van der Waals surface area contributed by atoms with Gasteiger partial charge in [-0.3, -0.25) is 14.5 Å². The number of fused-ring (bicyclic) bond motifs is 2. The summed E-state index contributed by atoms with van der Waals surface area (Å²) in [4.78, 5) is 28.9. The quantitative estimate of drug-likeness (QED) is 0.543. The van der Waals surface area contributed by atoms with E-state index in [1.54, 1.807) is 11.0 Å². The van der Waals surface area contributed by atoms with E-state index in [-0.39, 0.29) is 34.7 Å². The summed E-state index contributed by atoms with van der Waals surface area (Å²) in [6.07, 6.45) is 0. The van der Waals surface area contributed by atoms with Crippen LogP contribution in [0.4, 0.5) is 15.8 Å². The zero-order valence-corrected chi connectivity index (χ0v) is 18.2. The van der Waals surface area contributed by atoms with E-state index in [1.807, 2.05) is 55.5 Å². The van der Waals surface area contributed by atoms with Crippen LogP contribution in [0.2, 0.25) is 5.02 Å². The molecule has 0 N–H and O–H groups in total. The second-order valence-electron chi connectivity index (χ2n) is 7.61. The van der Waals surface area contributed by atoms with Gasteiger partial charge in [-0.1, -0.05) is 48.0 Å². The Balaban J connectivity index is 1.67. The minimum absolute atomic E-state index is 0.0144. The molecule has 156 valence electrons. The van der Waals surface area contributed by atoms with E-state index in [2.05, 4.69) is 0 Å². The largest absolute Gasteiger partial charge is 0.304 e. The number of carbonyl (C=O) groups is 2. The van der Waals surface area contributed by atoms with Crippen molar-refractivity contribution in [3.8, 4) is 0 Å². The number of benzene rings is 3. The van der Waals surface area contributed by atoms with Gasteiger partial charge in [-0.15, -0.1) is 11.8 Å². The standard InChI is InChI=1S/C24H18ClFN2O2S/c1-15-6-4-7-16(12-15)28-22(29)14-31-24(28)18-8-2-3-11-21(18)27(23(24)30)13-17-19(25)9-5-10-20(17)26/h2-12H,13-14H2,1H3. The van der Waals surface area contributed by atoms with Crippen molar-refractivity contribution in [3.63, 3.8) is 0 Å². The van der Waals surface area contributed by atoms with Gasteiger partial charge in [0.1, 0.15) is 5.82 Å². The fourth-order valence-electron chi connectivity index (χ4n) is 4.32. The molecular weight excluding hydrogens is 435 g/mol. The molecule has 2 amide bonds. The van der Waals surface area contributed by atoms with Crippen molar-refractivity contribution in [2.75, 3.05) is 15.6 Å². The van der Waals surface area contributed by atoms with Crippen molar-refractivity contribution in [3.05, 3.63) is 94.3 Å². The van der Waals surface area contributed by atoms with E-state index in [0.29, 0.717) is 11.4 Å². The molecule has 0 bridgehead atoms. The second-order valence-corrected chi connectivity index (χ2v) is 9.18. The lowest BCUT2D eigenvalue weighted by Crippen LogP contribution is -2.49. The summed E-state index contributed by atoms with van der Waals surface area (Å²) in [6.45, 7) is 1.93. The Bertz CT molecular complexity index is 1210. The minimum atomic E-state index is -1.22. The number of rotatable bonds is 3. The van der Waals surface area contributed by atoms with Gasteiger partial charge in [0.25, 0.3) is 5.91 Å². The molecule has 1 saturated heterocycles. The van der Waals surface area contributed by atoms with E-state index in [9.17, 15) is 14.0 Å². The third-order valence-electron chi connectivity index (χ3n) is 5.70. The Morgan fingerprint density at radius 2 is 1.84 bits per heavy atom. The third kappa shape index (κ3) is 2.97. The molecule has 0 aliphatic carbocycles. The van der Waals surface area contributed by atoms with Crippen molar-refractivity contribution in [2.45, 2.75) is 18.3 Å². The second kappa shape index (κ2) is 7.39. The molecule has 0 aromatic heterocycles. The van der Waals surface area contributed by atoms with E-state index in [0.717, 1.165) is 11.1 Å². The first-order chi connectivity index (χ1) is 14.9. The molecule has 1 spiro atoms. The number of nitrogens with zero attached hydrogens (tertiary/aromatic N) is 2. The van der Waals surface area contributed by atoms with Gasteiger partial charge in [-0.25, -0.2) is 4.39 Å². The molecule has 3 aromatic rings. The average Bonchev–Trinajstić information content (AvgIpc) is 3.21. The predicted octanol–water partition coefficient (Wildman–Crippen LogP) is 5.27. The lowest BCUT2D eigenvalue weighted by Gasteiger charge is -2.33. The summed E-state index contributed by atoms with van der Waals surface area (Å²) in [5.41, 5.74) is 3.30. The topological polar surface area (TPSA) is 40.6 Å². The highest BCUT2D eigenvalue weighted by atomic mass is 35.5. The summed E-state index contributed by atoms with van der Waals surface area (Å²) in [7, 11) is 0. The van der Waals surface area contributed by atoms with E-state index in [4.69, 9.17) is 11.6 Å². The molecule has 3 aromatic carbocycles. The molecule has 0 saturated carbocycles. The smallest absolute Gasteiger partial charge is 0.269 e. The zero-order chi connectivity index (χ0) is 21.8. The first kappa shape index (κ1) is 20.1. The molecule has 31 heavy (non-hydrogen) atoms. The van der Waals surface area contributed by atoms with Crippen LogP contribution in [-0.4, -0.2) is 17.6 Å². The van der Waals surface area contributed by atoms with Gasteiger partial charge in [0.2, 0.25) is 10.8 Å². The summed E-state index contributed by atoms with van der Waals surface area (Å²) in [5.74, 6) is -0.693. The fraction of sp³-hybridized carbons (Fsp3) is 0.167. The molecule has 1 unspecified atom stereocenters. The molecule has 5 rings (SSSR count). The van der Waals surface area contributed by atoms with E-state index >= 15 is 0 Å². The number of hydrogen-bond acceptors (Lipinski definition) is 3. The van der Waals surface area contributed by atoms with Gasteiger partial charge in [-0.05, 0) is 42.8 Å². The van der Waals surface area contributed by atoms with E-state index in [1.165, 1.54) is 28.8 Å². The van der Waals surface area contributed by atoms with Gasteiger partial charge in [0.15, 0.2) is 0 Å². The number of thioether (sulfide) groups is 1. The van der Waals surface area contributed by atoms with Gasteiger partial charge in [0, 0.05) is 21.8 Å².